The van der Waals surface area contributed by atoms with Crippen molar-refractivity contribution in [1.82, 2.24) is 25.5 Å². The van der Waals surface area contributed by atoms with E-state index in [1.165, 1.54) is 5.56 Å². The standard InChI is InChI=1S/C15H23N5/c1-4-8-13-9-6-7-10-14(13)20-15(17-18-19-20)12(3)16-11-5-2/h6-7,9-10,12,16H,4-5,8,11H2,1-3H3. The van der Waals surface area contributed by atoms with E-state index in [0.717, 1.165) is 37.3 Å². The van der Waals surface area contributed by atoms with Gasteiger partial charge in [0.1, 0.15) is 0 Å². The van der Waals surface area contributed by atoms with Crippen molar-refractivity contribution in [2.24, 2.45) is 0 Å². The van der Waals surface area contributed by atoms with Crippen LogP contribution in [0.1, 0.15) is 51.0 Å². The quantitative estimate of drug-likeness (QED) is 0.842. The van der Waals surface area contributed by atoms with Gasteiger partial charge in [-0.3, -0.25) is 0 Å². The van der Waals surface area contributed by atoms with Crippen LogP contribution in [0.2, 0.25) is 0 Å². The molecule has 1 aromatic carbocycles. The Morgan fingerprint density at radius 2 is 2.00 bits per heavy atom. The minimum absolute atomic E-state index is 0.139. The first-order valence-electron chi connectivity index (χ1n) is 7.37. The molecule has 1 atom stereocenters. The van der Waals surface area contributed by atoms with E-state index >= 15 is 0 Å². The maximum absolute atomic E-state index is 4.19. The molecule has 0 aliphatic rings. The van der Waals surface area contributed by atoms with Crippen LogP contribution in [0.3, 0.4) is 0 Å². The summed E-state index contributed by atoms with van der Waals surface area (Å²) >= 11 is 0. The van der Waals surface area contributed by atoms with E-state index in [4.69, 9.17) is 0 Å². The molecule has 0 spiro atoms. The van der Waals surface area contributed by atoms with Crippen LogP contribution in [0, 0.1) is 0 Å². The molecule has 0 bridgehead atoms. The normalized spacial score (nSPS) is 12.6. The molecule has 0 saturated heterocycles. The number of benzene rings is 1. The van der Waals surface area contributed by atoms with Crippen LogP contribution < -0.4 is 5.32 Å². The SMILES string of the molecule is CCCNC(C)c1nnnn1-c1ccccc1CCC. The van der Waals surface area contributed by atoms with Gasteiger partial charge in [0.15, 0.2) is 5.82 Å². The Bertz CT molecular complexity index is 535. The summed E-state index contributed by atoms with van der Waals surface area (Å²) < 4.78 is 1.86. The van der Waals surface area contributed by atoms with Crippen LogP contribution in [-0.4, -0.2) is 26.8 Å². The van der Waals surface area contributed by atoms with Crippen LogP contribution in [0.25, 0.3) is 5.69 Å². The van der Waals surface area contributed by atoms with E-state index in [0.29, 0.717) is 0 Å². The Hall–Kier alpha value is -1.75. The highest BCUT2D eigenvalue weighted by Crippen LogP contribution is 2.19. The second-order valence-corrected chi connectivity index (χ2v) is 5.00. The van der Waals surface area contributed by atoms with Gasteiger partial charge in [-0.15, -0.1) is 5.10 Å². The van der Waals surface area contributed by atoms with Crippen molar-refractivity contribution in [1.29, 1.82) is 0 Å². The highest BCUT2D eigenvalue weighted by Gasteiger charge is 2.16. The Kier molecular flexibility index (Phi) is 5.24. The fourth-order valence-electron chi connectivity index (χ4n) is 2.29. The van der Waals surface area contributed by atoms with Crippen molar-refractivity contribution in [3.05, 3.63) is 35.7 Å². The molecule has 5 nitrogen and oxygen atoms in total. The second-order valence-electron chi connectivity index (χ2n) is 5.00. The monoisotopic (exact) mass is 273 g/mol. The molecule has 2 aromatic rings. The van der Waals surface area contributed by atoms with Crippen molar-refractivity contribution >= 4 is 0 Å². The Labute approximate surface area is 120 Å². The first-order chi connectivity index (χ1) is 9.77. The van der Waals surface area contributed by atoms with Crippen LogP contribution in [0.5, 0.6) is 0 Å². The van der Waals surface area contributed by atoms with E-state index < -0.39 is 0 Å². The van der Waals surface area contributed by atoms with Crippen molar-refractivity contribution in [2.45, 2.75) is 46.1 Å². The third kappa shape index (κ3) is 3.22. The molecule has 1 aromatic heterocycles. The zero-order valence-corrected chi connectivity index (χ0v) is 12.5. The summed E-state index contributed by atoms with van der Waals surface area (Å²) in [5.74, 6) is 0.863. The van der Waals surface area contributed by atoms with Crippen molar-refractivity contribution < 1.29 is 0 Å². The molecule has 5 heteroatoms. The molecule has 0 saturated carbocycles. The van der Waals surface area contributed by atoms with E-state index in [2.05, 4.69) is 59.8 Å². The molecule has 0 radical (unpaired) electrons. The molecular formula is C15H23N5. The highest BCUT2D eigenvalue weighted by molar-refractivity contribution is 5.40. The molecular weight excluding hydrogens is 250 g/mol. The predicted molar refractivity (Wildman–Crippen MR) is 79.9 cm³/mol. The molecule has 20 heavy (non-hydrogen) atoms. The summed E-state index contributed by atoms with van der Waals surface area (Å²) in [6.45, 7) is 7.40. The van der Waals surface area contributed by atoms with Crippen LogP contribution in [-0.2, 0) is 6.42 Å². The first kappa shape index (κ1) is 14.7. The number of para-hydroxylation sites is 1. The average molecular weight is 273 g/mol. The number of nitrogens with one attached hydrogen (secondary N) is 1. The Morgan fingerprint density at radius 1 is 1.20 bits per heavy atom. The van der Waals surface area contributed by atoms with Gasteiger partial charge in [-0.1, -0.05) is 38.5 Å². The van der Waals surface area contributed by atoms with E-state index in [1.807, 2.05) is 10.7 Å². The number of aryl methyl sites for hydroxylation is 1. The fraction of sp³-hybridized carbons (Fsp3) is 0.533. The number of hydrogen-bond acceptors (Lipinski definition) is 4. The number of hydrogen-bond donors (Lipinski definition) is 1. The molecule has 0 amide bonds. The maximum Gasteiger partial charge on any atom is 0.173 e. The first-order valence-corrected chi connectivity index (χ1v) is 7.37. The zero-order valence-electron chi connectivity index (χ0n) is 12.5. The Morgan fingerprint density at radius 3 is 2.75 bits per heavy atom. The lowest BCUT2D eigenvalue weighted by atomic mass is 10.1. The van der Waals surface area contributed by atoms with Crippen LogP contribution in [0.4, 0.5) is 0 Å². The average Bonchev–Trinajstić information content (AvgIpc) is 2.95. The van der Waals surface area contributed by atoms with Gasteiger partial charge >= 0.3 is 0 Å². The van der Waals surface area contributed by atoms with Gasteiger partial charge in [0.2, 0.25) is 0 Å². The molecule has 1 N–H and O–H groups in total. The summed E-state index contributed by atoms with van der Waals surface area (Å²) in [5.41, 5.74) is 2.37. The van der Waals surface area contributed by atoms with E-state index in [-0.39, 0.29) is 6.04 Å². The molecule has 0 fully saturated rings. The van der Waals surface area contributed by atoms with Crippen molar-refractivity contribution in [2.75, 3.05) is 6.54 Å². The second kappa shape index (κ2) is 7.14. The smallest absolute Gasteiger partial charge is 0.173 e. The lowest BCUT2D eigenvalue weighted by molar-refractivity contribution is 0.530. The van der Waals surface area contributed by atoms with E-state index in [1.54, 1.807) is 0 Å². The van der Waals surface area contributed by atoms with Gasteiger partial charge in [-0.05, 0) is 48.4 Å². The summed E-state index contributed by atoms with van der Waals surface area (Å²) in [6.07, 6.45) is 3.24. The molecule has 2 rings (SSSR count). The zero-order chi connectivity index (χ0) is 14.4. The highest BCUT2D eigenvalue weighted by atomic mass is 15.5. The minimum Gasteiger partial charge on any atom is -0.307 e. The minimum atomic E-state index is 0.139. The largest absolute Gasteiger partial charge is 0.307 e. The number of rotatable bonds is 7. The van der Waals surface area contributed by atoms with Crippen LogP contribution >= 0.6 is 0 Å². The summed E-state index contributed by atoms with van der Waals surface area (Å²) in [6, 6.07) is 8.47. The van der Waals surface area contributed by atoms with Gasteiger partial charge in [0.25, 0.3) is 0 Å². The van der Waals surface area contributed by atoms with Gasteiger partial charge in [0, 0.05) is 0 Å². The summed E-state index contributed by atoms with van der Waals surface area (Å²) in [7, 11) is 0. The lowest BCUT2D eigenvalue weighted by Gasteiger charge is -2.14. The van der Waals surface area contributed by atoms with Crippen LogP contribution in [0.15, 0.2) is 24.3 Å². The summed E-state index contributed by atoms with van der Waals surface area (Å²) in [5, 5.41) is 15.6. The Balaban J connectivity index is 2.32. The predicted octanol–water partition coefficient (Wildman–Crippen LogP) is 2.68. The lowest BCUT2D eigenvalue weighted by Crippen LogP contribution is -2.23. The molecule has 0 aliphatic heterocycles. The molecule has 1 heterocycles. The molecule has 0 aliphatic carbocycles. The third-order valence-corrected chi connectivity index (χ3v) is 3.32. The third-order valence-electron chi connectivity index (χ3n) is 3.32. The fourth-order valence-corrected chi connectivity index (χ4v) is 2.29. The topological polar surface area (TPSA) is 55.6 Å². The van der Waals surface area contributed by atoms with E-state index in [9.17, 15) is 0 Å². The van der Waals surface area contributed by atoms with Gasteiger partial charge < -0.3 is 5.32 Å². The molecule has 108 valence electrons. The maximum atomic E-state index is 4.19. The number of tetrazole rings is 1. The van der Waals surface area contributed by atoms with Gasteiger partial charge in [-0.2, -0.15) is 4.68 Å². The van der Waals surface area contributed by atoms with Crippen molar-refractivity contribution in [3.63, 3.8) is 0 Å². The summed E-state index contributed by atoms with van der Waals surface area (Å²) in [4.78, 5) is 0. The molecule has 1 unspecified atom stereocenters. The number of nitrogens with zero attached hydrogens (tertiary/aromatic N) is 4. The van der Waals surface area contributed by atoms with Gasteiger partial charge in [0.05, 0.1) is 11.7 Å². The van der Waals surface area contributed by atoms with Gasteiger partial charge in [-0.25, -0.2) is 0 Å². The van der Waals surface area contributed by atoms with Crippen molar-refractivity contribution in [3.8, 4) is 5.69 Å². The number of aromatic nitrogens is 4.